The zero-order chi connectivity index (χ0) is 14.4. The van der Waals surface area contributed by atoms with Crippen LogP contribution in [0.1, 0.15) is 16.0 Å². The number of fused-ring (bicyclic) bond motifs is 2. The van der Waals surface area contributed by atoms with E-state index in [1.165, 1.54) is 10.4 Å². The molecule has 2 aliphatic heterocycles. The largest absolute Gasteiger partial charge is 0.480 e. The van der Waals surface area contributed by atoms with Crippen LogP contribution in [0.3, 0.4) is 0 Å². The lowest BCUT2D eigenvalue weighted by Crippen LogP contribution is -2.43. The number of benzene rings is 1. The lowest BCUT2D eigenvalue weighted by Gasteiger charge is -2.29. The van der Waals surface area contributed by atoms with Gasteiger partial charge in [0.1, 0.15) is 5.75 Å². The zero-order valence-electron chi connectivity index (χ0n) is 11.3. The Kier molecular flexibility index (Phi) is 3.16. The van der Waals surface area contributed by atoms with Gasteiger partial charge in [-0.3, -0.25) is 4.79 Å². The van der Waals surface area contributed by atoms with Crippen LogP contribution in [0.5, 0.6) is 5.75 Å². The van der Waals surface area contributed by atoms with Gasteiger partial charge in [0.2, 0.25) is 0 Å². The van der Waals surface area contributed by atoms with Crippen LogP contribution < -0.4 is 4.74 Å². The second-order valence-electron chi connectivity index (χ2n) is 5.44. The molecule has 1 aromatic heterocycles. The third-order valence-corrected chi connectivity index (χ3v) is 5.35. The lowest BCUT2D eigenvalue weighted by atomic mass is 10.1. The fourth-order valence-corrected chi connectivity index (χ4v) is 4.08. The molecule has 0 saturated carbocycles. The summed E-state index contributed by atoms with van der Waals surface area (Å²) in [6, 6.07) is 7.64. The van der Waals surface area contributed by atoms with Gasteiger partial charge in [-0.2, -0.15) is 0 Å². The zero-order valence-corrected chi connectivity index (χ0v) is 12.9. The number of hydrogen-bond donors (Lipinski definition) is 0. The summed E-state index contributed by atoms with van der Waals surface area (Å²) in [5.74, 6) is 0.866. The van der Waals surface area contributed by atoms with Crippen molar-refractivity contribution in [2.75, 3.05) is 6.54 Å². The van der Waals surface area contributed by atoms with Gasteiger partial charge in [-0.1, -0.05) is 11.6 Å². The Bertz CT molecular complexity index is 712. The van der Waals surface area contributed by atoms with Gasteiger partial charge < -0.3 is 9.64 Å². The molecular formula is C16H14ClNO2S. The molecule has 0 radical (unpaired) electrons. The fourth-order valence-electron chi connectivity index (χ4n) is 3.00. The first-order valence-corrected chi connectivity index (χ1v) is 8.25. The first kappa shape index (κ1) is 13.2. The summed E-state index contributed by atoms with van der Waals surface area (Å²) in [5, 5.41) is 2.79. The molecule has 3 nitrogen and oxygen atoms in total. The van der Waals surface area contributed by atoms with Crippen molar-refractivity contribution in [3.05, 3.63) is 50.7 Å². The minimum atomic E-state index is -0.404. The third-order valence-electron chi connectivity index (χ3n) is 4.09. The molecule has 1 atom stereocenters. The number of nitrogens with zero attached hydrogens (tertiary/aromatic N) is 1. The van der Waals surface area contributed by atoms with Crippen molar-refractivity contribution < 1.29 is 9.53 Å². The van der Waals surface area contributed by atoms with Crippen LogP contribution in [0.4, 0.5) is 0 Å². The first-order chi connectivity index (χ1) is 10.2. The van der Waals surface area contributed by atoms with Gasteiger partial charge in [-0.25, -0.2) is 0 Å². The van der Waals surface area contributed by atoms with E-state index >= 15 is 0 Å². The second kappa shape index (κ2) is 5.04. The van der Waals surface area contributed by atoms with E-state index in [1.54, 1.807) is 17.4 Å². The number of hydrogen-bond acceptors (Lipinski definition) is 3. The molecule has 0 fully saturated rings. The number of halogens is 1. The van der Waals surface area contributed by atoms with Crippen molar-refractivity contribution in [2.45, 2.75) is 25.5 Å². The smallest absolute Gasteiger partial charge is 0.264 e. The number of ether oxygens (including phenoxy) is 1. The normalized spacial score (nSPS) is 19.9. The Morgan fingerprint density at radius 2 is 2.24 bits per heavy atom. The summed E-state index contributed by atoms with van der Waals surface area (Å²) in [5.41, 5.74) is 2.30. The van der Waals surface area contributed by atoms with Crippen molar-refractivity contribution in [1.82, 2.24) is 4.90 Å². The van der Waals surface area contributed by atoms with Crippen LogP contribution in [-0.2, 0) is 24.2 Å². The summed E-state index contributed by atoms with van der Waals surface area (Å²) in [7, 11) is 0. The number of carbonyl (C=O) groups is 1. The molecule has 0 aliphatic carbocycles. The molecule has 4 rings (SSSR count). The monoisotopic (exact) mass is 319 g/mol. The highest BCUT2D eigenvalue weighted by atomic mass is 35.5. The van der Waals surface area contributed by atoms with Crippen LogP contribution in [-0.4, -0.2) is 23.5 Å². The van der Waals surface area contributed by atoms with E-state index < -0.39 is 6.10 Å². The maximum absolute atomic E-state index is 12.7. The number of carbonyl (C=O) groups excluding carboxylic acids is 1. The summed E-state index contributed by atoms with van der Waals surface area (Å²) >= 11 is 7.77. The molecule has 2 aromatic rings. The van der Waals surface area contributed by atoms with E-state index in [-0.39, 0.29) is 5.91 Å². The van der Waals surface area contributed by atoms with Gasteiger partial charge in [0, 0.05) is 29.4 Å². The third kappa shape index (κ3) is 2.32. The first-order valence-electron chi connectivity index (χ1n) is 7.00. The summed E-state index contributed by atoms with van der Waals surface area (Å²) < 4.78 is 5.80. The quantitative estimate of drug-likeness (QED) is 0.807. The maximum atomic E-state index is 12.7. The Morgan fingerprint density at radius 3 is 3.14 bits per heavy atom. The molecule has 3 heterocycles. The molecule has 0 N–H and O–H groups in total. The van der Waals surface area contributed by atoms with Crippen molar-refractivity contribution in [3.8, 4) is 5.75 Å². The van der Waals surface area contributed by atoms with Crippen molar-refractivity contribution in [3.63, 3.8) is 0 Å². The maximum Gasteiger partial charge on any atom is 0.264 e. The summed E-state index contributed by atoms with van der Waals surface area (Å²) in [4.78, 5) is 16.0. The van der Waals surface area contributed by atoms with E-state index in [0.29, 0.717) is 18.0 Å². The molecular weight excluding hydrogens is 306 g/mol. The van der Waals surface area contributed by atoms with E-state index in [4.69, 9.17) is 16.3 Å². The highest BCUT2D eigenvalue weighted by molar-refractivity contribution is 7.10. The topological polar surface area (TPSA) is 29.5 Å². The highest BCUT2D eigenvalue weighted by Crippen LogP contribution is 2.32. The molecule has 2 aliphatic rings. The lowest BCUT2D eigenvalue weighted by molar-refractivity contribution is -0.138. The Labute approximate surface area is 132 Å². The number of rotatable bonds is 1. The second-order valence-corrected chi connectivity index (χ2v) is 6.88. The van der Waals surface area contributed by atoms with Crippen LogP contribution in [0.15, 0.2) is 29.6 Å². The van der Waals surface area contributed by atoms with Crippen molar-refractivity contribution in [1.29, 1.82) is 0 Å². The minimum absolute atomic E-state index is 0.0826. The van der Waals surface area contributed by atoms with E-state index in [9.17, 15) is 4.79 Å². The van der Waals surface area contributed by atoms with Crippen LogP contribution in [0.25, 0.3) is 0 Å². The van der Waals surface area contributed by atoms with Crippen LogP contribution in [0, 0.1) is 0 Å². The van der Waals surface area contributed by atoms with Gasteiger partial charge >= 0.3 is 0 Å². The summed E-state index contributed by atoms with van der Waals surface area (Å²) in [6.07, 6.45) is 1.16. The minimum Gasteiger partial charge on any atom is -0.480 e. The van der Waals surface area contributed by atoms with Gasteiger partial charge in [-0.15, -0.1) is 11.3 Å². The predicted molar refractivity (Wildman–Crippen MR) is 83.0 cm³/mol. The van der Waals surface area contributed by atoms with Crippen LogP contribution >= 0.6 is 22.9 Å². The van der Waals surface area contributed by atoms with Gasteiger partial charge in [-0.05, 0) is 47.2 Å². The molecule has 0 unspecified atom stereocenters. The Morgan fingerprint density at radius 1 is 1.33 bits per heavy atom. The van der Waals surface area contributed by atoms with E-state index in [2.05, 4.69) is 11.4 Å². The molecule has 108 valence electrons. The molecule has 21 heavy (non-hydrogen) atoms. The van der Waals surface area contributed by atoms with E-state index in [1.807, 2.05) is 17.0 Å². The predicted octanol–water partition coefficient (Wildman–Crippen LogP) is 3.29. The number of amides is 1. The van der Waals surface area contributed by atoms with Gasteiger partial charge in [0.15, 0.2) is 6.10 Å². The van der Waals surface area contributed by atoms with Gasteiger partial charge in [0.25, 0.3) is 5.91 Å². The SMILES string of the molecule is O=C([C@@H]1Cc2cc(Cl)ccc2O1)N1CCc2sccc2C1. The fraction of sp³-hybridized carbons (Fsp3) is 0.312. The molecule has 1 amide bonds. The average Bonchev–Trinajstić information content (AvgIpc) is 3.11. The van der Waals surface area contributed by atoms with E-state index in [0.717, 1.165) is 24.3 Å². The molecule has 0 bridgehead atoms. The Balaban J connectivity index is 1.50. The molecule has 0 saturated heterocycles. The van der Waals surface area contributed by atoms with Crippen molar-refractivity contribution >= 4 is 28.8 Å². The molecule has 1 aromatic carbocycles. The average molecular weight is 320 g/mol. The standard InChI is InChI=1S/C16H14ClNO2S/c17-12-1-2-13-11(7-12)8-14(20-13)16(19)18-5-3-15-10(9-18)4-6-21-15/h1-2,4,6-7,14H,3,5,8-9H2/t14-/m0/s1. The number of thiophene rings is 1. The highest BCUT2D eigenvalue weighted by Gasteiger charge is 2.33. The summed E-state index contributed by atoms with van der Waals surface area (Å²) in [6.45, 7) is 1.48. The molecule has 5 heteroatoms. The molecule has 0 spiro atoms. The van der Waals surface area contributed by atoms with Gasteiger partial charge in [0.05, 0.1) is 0 Å². The van der Waals surface area contributed by atoms with Crippen molar-refractivity contribution in [2.24, 2.45) is 0 Å². The Hall–Kier alpha value is -1.52. The van der Waals surface area contributed by atoms with Crippen LogP contribution in [0.2, 0.25) is 5.02 Å².